The summed E-state index contributed by atoms with van der Waals surface area (Å²) in [5.41, 5.74) is 6.01. The minimum absolute atomic E-state index is 0.0859. The highest BCUT2D eigenvalue weighted by molar-refractivity contribution is 7.91. The van der Waals surface area contributed by atoms with Crippen LogP contribution in [0.2, 0.25) is 0 Å². The van der Waals surface area contributed by atoms with Gasteiger partial charge in [0.15, 0.2) is 5.84 Å². The lowest BCUT2D eigenvalue weighted by Gasteiger charge is -2.28. The maximum Gasteiger partial charge on any atom is 0.344 e. The molecule has 154 valence electrons. The molecule has 2 heterocycles. The van der Waals surface area contributed by atoms with Gasteiger partial charge in [-0.25, -0.2) is 0 Å². The maximum absolute atomic E-state index is 12.6. The van der Waals surface area contributed by atoms with Crippen LogP contribution in [0.3, 0.4) is 0 Å². The molecule has 0 fully saturated rings. The van der Waals surface area contributed by atoms with Crippen molar-refractivity contribution >= 4 is 27.6 Å². The van der Waals surface area contributed by atoms with Crippen molar-refractivity contribution in [1.29, 1.82) is 0 Å². The van der Waals surface area contributed by atoms with E-state index in [9.17, 15) is 13.2 Å². The van der Waals surface area contributed by atoms with Crippen molar-refractivity contribution in [2.24, 2.45) is 10.1 Å². The second-order valence-electron chi connectivity index (χ2n) is 6.94. The van der Waals surface area contributed by atoms with E-state index in [1.807, 2.05) is 0 Å². The molecule has 0 radical (unpaired) electrons. The van der Waals surface area contributed by atoms with Gasteiger partial charge in [-0.3, -0.25) is 14.5 Å². The highest BCUT2D eigenvalue weighted by Gasteiger charge is 2.27. The van der Waals surface area contributed by atoms with Crippen molar-refractivity contribution in [2.45, 2.75) is 19.4 Å². The van der Waals surface area contributed by atoms with Crippen LogP contribution in [0.15, 0.2) is 41.1 Å². The van der Waals surface area contributed by atoms with Crippen LogP contribution >= 0.6 is 0 Å². The predicted octanol–water partition coefficient (Wildman–Crippen LogP) is 1.05. The largest absolute Gasteiger partial charge is 0.494 e. The summed E-state index contributed by atoms with van der Waals surface area (Å²) in [6.07, 6.45) is 2.96. The van der Waals surface area contributed by atoms with Gasteiger partial charge in [-0.05, 0) is 32.0 Å². The quantitative estimate of drug-likeness (QED) is 0.634. The van der Waals surface area contributed by atoms with Gasteiger partial charge in [-0.1, -0.05) is 6.07 Å². The molecular weight excluding hydrogens is 398 g/mol. The fourth-order valence-electron chi connectivity index (χ4n) is 2.74. The molecule has 1 aliphatic heterocycles. The summed E-state index contributed by atoms with van der Waals surface area (Å²) in [7, 11) is -2.42. The van der Waals surface area contributed by atoms with E-state index < -0.39 is 15.7 Å². The normalized spacial score (nSPS) is 14.8. The van der Waals surface area contributed by atoms with Gasteiger partial charge < -0.3 is 20.5 Å². The van der Waals surface area contributed by atoms with Crippen LogP contribution in [0.4, 0.5) is 5.69 Å². The van der Waals surface area contributed by atoms with Gasteiger partial charge in [0.05, 0.1) is 35.7 Å². The highest BCUT2D eigenvalue weighted by atomic mass is 32.2. The summed E-state index contributed by atoms with van der Waals surface area (Å²) in [6, 6.07) is 6.39. The van der Waals surface area contributed by atoms with Crippen molar-refractivity contribution in [3.63, 3.8) is 0 Å². The van der Waals surface area contributed by atoms with E-state index in [0.717, 1.165) is 0 Å². The van der Waals surface area contributed by atoms with Gasteiger partial charge in [0, 0.05) is 6.20 Å². The number of ether oxygens (including phenoxy) is 2. The number of amides is 1. The number of pyridine rings is 1. The Morgan fingerprint density at radius 1 is 1.28 bits per heavy atom. The number of nitrogens with two attached hydrogens (primary N) is 1. The number of carbonyl (C=O) groups excluding carboxylic acids is 1. The number of nitrogens with zero attached hydrogens (tertiary/aromatic N) is 2. The van der Waals surface area contributed by atoms with E-state index in [4.69, 9.17) is 15.2 Å². The average Bonchev–Trinajstić information content (AvgIpc) is 2.64. The summed E-state index contributed by atoms with van der Waals surface area (Å²) in [5, 5.41) is 2.88. The molecule has 0 spiro atoms. The van der Waals surface area contributed by atoms with Crippen molar-refractivity contribution in [2.75, 3.05) is 18.4 Å². The number of rotatable bonds is 6. The summed E-state index contributed by atoms with van der Waals surface area (Å²) < 4.78 is 40.1. The number of anilines is 1. The molecule has 3 rings (SSSR count). The fourth-order valence-corrected chi connectivity index (χ4v) is 3.58. The molecule has 10 nitrogen and oxygen atoms in total. The highest BCUT2D eigenvalue weighted by Crippen LogP contribution is 2.31. The number of aromatic nitrogens is 1. The van der Waals surface area contributed by atoms with Crippen LogP contribution in [0.5, 0.6) is 11.5 Å². The summed E-state index contributed by atoms with van der Waals surface area (Å²) >= 11 is 0. The molecule has 0 bridgehead atoms. The fraction of sp³-hybridized carbons (Fsp3) is 0.278. The number of amidine groups is 1. The van der Waals surface area contributed by atoms with Crippen LogP contribution in [0.25, 0.3) is 0 Å². The Hall–Kier alpha value is -3.34. The molecule has 1 aliphatic rings. The Labute approximate surface area is 168 Å². The molecular formula is C18H21N5O5S. The molecule has 2 aromatic rings. The summed E-state index contributed by atoms with van der Waals surface area (Å²) in [5.74, 6) is 0.185. The third-order valence-corrected chi connectivity index (χ3v) is 4.94. The zero-order valence-corrected chi connectivity index (χ0v) is 16.9. The Bertz CT molecular complexity index is 1080. The summed E-state index contributed by atoms with van der Waals surface area (Å²) in [4.78, 5) is 16.5. The van der Waals surface area contributed by atoms with E-state index in [1.54, 1.807) is 38.1 Å². The van der Waals surface area contributed by atoms with Crippen molar-refractivity contribution in [1.82, 2.24) is 10.3 Å². The minimum Gasteiger partial charge on any atom is -0.494 e. The van der Waals surface area contributed by atoms with Crippen molar-refractivity contribution in [3.05, 3.63) is 47.8 Å². The zero-order chi connectivity index (χ0) is 21.2. The number of fused-ring (bicyclic) bond motifs is 1. The smallest absolute Gasteiger partial charge is 0.344 e. The molecule has 0 saturated heterocycles. The van der Waals surface area contributed by atoms with Gasteiger partial charge in [-0.2, -0.15) is 8.42 Å². The molecule has 1 aromatic carbocycles. The van der Waals surface area contributed by atoms with Gasteiger partial charge in [0.2, 0.25) is 0 Å². The third kappa shape index (κ3) is 4.57. The Balaban J connectivity index is 1.76. The lowest BCUT2D eigenvalue weighted by atomic mass is 10.1. The second-order valence-corrected chi connectivity index (χ2v) is 8.27. The zero-order valence-electron chi connectivity index (χ0n) is 16.1. The Morgan fingerprint density at radius 3 is 2.76 bits per heavy atom. The average molecular weight is 419 g/mol. The number of carbonyl (C=O) groups is 1. The van der Waals surface area contributed by atoms with Gasteiger partial charge >= 0.3 is 10.2 Å². The minimum atomic E-state index is -3.88. The number of methoxy groups -OCH3 is 1. The molecule has 0 atom stereocenters. The molecule has 0 unspecified atom stereocenters. The lowest BCUT2D eigenvalue weighted by molar-refractivity contribution is 0.0877. The first-order chi connectivity index (χ1) is 13.6. The number of hydrogen-bond donors (Lipinski definition) is 3. The number of hydrogen-bond acceptors (Lipinski definition) is 7. The van der Waals surface area contributed by atoms with Crippen LogP contribution in [-0.2, 0) is 10.2 Å². The van der Waals surface area contributed by atoms with E-state index in [2.05, 4.69) is 19.4 Å². The monoisotopic (exact) mass is 419 g/mol. The molecule has 29 heavy (non-hydrogen) atoms. The third-order valence-electron chi connectivity index (χ3n) is 4.03. The van der Waals surface area contributed by atoms with E-state index in [-0.39, 0.29) is 24.0 Å². The predicted molar refractivity (Wildman–Crippen MR) is 108 cm³/mol. The second kappa shape index (κ2) is 7.59. The lowest BCUT2D eigenvalue weighted by Crippen LogP contribution is -2.48. The molecule has 0 aliphatic carbocycles. The molecule has 11 heteroatoms. The van der Waals surface area contributed by atoms with Crippen molar-refractivity contribution < 1.29 is 22.7 Å². The molecule has 0 saturated carbocycles. The van der Waals surface area contributed by atoms with Crippen molar-refractivity contribution in [3.8, 4) is 11.5 Å². The molecule has 1 amide bonds. The van der Waals surface area contributed by atoms with E-state index >= 15 is 0 Å². The van der Waals surface area contributed by atoms with Gasteiger partial charge in [0.25, 0.3) is 5.91 Å². The van der Waals surface area contributed by atoms with E-state index in [1.165, 1.54) is 19.5 Å². The molecule has 4 N–H and O–H groups in total. The Kier molecular flexibility index (Phi) is 5.33. The first-order valence-electron chi connectivity index (χ1n) is 8.57. The van der Waals surface area contributed by atoms with Crippen LogP contribution in [0.1, 0.15) is 29.8 Å². The number of nitrogens with one attached hydrogen (secondary N) is 2. The standard InChI is InChI=1S/C18H21N5O5S/c1-18(2,21-17(24)11-7-8-20-9-14(11)27-3)10-28-13-6-4-5-12-15(13)16(19)23-29(25,26)22-12/h4-9,22H,10H2,1-3H3,(H2,19,23)(H,21,24). The first-order valence-corrected chi connectivity index (χ1v) is 10.0. The van der Waals surface area contributed by atoms with Crippen LogP contribution in [-0.4, -0.2) is 44.4 Å². The summed E-state index contributed by atoms with van der Waals surface area (Å²) in [6.45, 7) is 3.66. The van der Waals surface area contributed by atoms with Crippen LogP contribution < -0.4 is 25.2 Å². The van der Waals surface area contributed by atoms with Gasteiger partial charge in [-0.15, -0.1) is 4.40 Å². The van der Waals surface area contributed by atoms with Gasteiger partial charge in [0.1, 0.15) is 18.1 Å². The van der Waals surface area contributed by atoms with Crippen LogP contribution in [0, 0.1) is 0 Å². The maximum atomic E-state index is 12.6. The Morgan fingerprint density at radius 2 is 2.03 bits per heavy atom. The molecule has 1 aromatic heterocycles. The van der Waals surface area contributed by atoms with E-state index in [0.29, 0.717) is 22.6 Å². The first kappa shape index (κ1) is 20.4. The SMILES string of the molecule is COc1cnccc1C(=O)NC(C)(C)COc1cccc2c1C(N)=NS(=O)(=O)N2. The number of benzene rings is 1. The topological polar surface area (TPSA) is 145 Å².